The van der Waals surface area contributed by atoms with Crippen molar-refractivity contribution in [3.63, 3.8) is 0 Å². The molecule has 0 spiro atoms. The van der Waals surface area contributed by atoms with Crippen LogP contribution in [0.4, 0.5) is 0 Å². The molecule has 0 saturated heterocycles. The van der Waals surface area contributed by atoms with Crippen LogP contribution in [0.3, 0.4) is 0 Å². The van der Waals surface area contributed by atoms with Crippen molar-refractivity contribution in [1.82, 2.24) is 0 Å². The van der Waals surface area contributed by atoms with E-state index in [1.54, 1.807) is 0 Å². The first-order valence-electron chi connectivity index (χ1n) is 0.695. The summed E-state index contributed by atoms with van der Waals surface area (Å²) in [5, 5.41) is 6.36. The van der Waals surface area contributed by atoms with Gasteiger partial charge >= 0.3 is 0 Å². The van der Waals surface area contributed by atoms with Crippen LogP contribution in [0.1, 0.15) is 0 Å². The van der Waals surface area contributed by atoms with Crippen LogP contribution in [0.25, 0.3) is 0 Å². The second kappa shape index (κ2) is 151. The first-order valence-corrected chi connectivity index (χ1v) is 1.57. The number of aliphatic hydroxyl groups is 1. The molecule has 0 aliphatic heterocycles. The average Bonchev–Trinajstić information content (AvgIpc) is 0.811. The molecule has 0 amide bonds. The smallest absolute Gasteiger partial charge is 0.204 e. The highest BCUT2D eigenvalue weighted by Crippen LogP contribution is 1.90. The van der Waals surface area contributed by atoms with Gasteiger partial charge in [-0.1, -0.05) is 23.2 Å². The van der Waals surface area contributed by atoms with E-state index in [0.717, 1.165) is 0 Å². The Morgan fingerprint density at radius 1 is 0.538 bits per heavy atom. The minimum absolute atomic E-state index is 0. The van der Waals surface area contributed by atoms with Crippen molar-refractivity contribution in [2.24, 2.45) is 0 Å². The zero-order valence-corrected chi connectivity index (χ0v) is 7.79. The molecule has 0 heterocycles. The van der Waals surface area contributed by atoms with E-state index in [9.17, 15) is 0 Å². The summed E-state index contributed by atoms with van der Waals surface area (Å²) in [5.74, 6) is 0. The average molecular weight is 263 g/mol. The molecule has 0 aromatic rings. The molecule has 0 saturated carbocycles. The molecule has 19 N–H and O–H groups in total. The van der Waals surface area contributed by atoms with E-state index in [4.69, 9.17) is 5.11 Å². The summed E-state index contributed by atoms with van der Waals surface area (Å²) in [4.78, 5) is 0. The Hall–Kier alpha value is 0.180. The lowest BCUT2D eigenvalue weighted by atomic mass is 11.7. The highest BCUT2D eigenvalue weighted by molar-refractivity contribution is 6.42. The van der Waals surface area contributed by atoms with Crippen LogP contribution in [-0.2, 0) is 0 Å². The summed E-state index contributed by atoms with van der Waals surface area (Å²) in [6, 6.07) is 0. The van der Waals surface area contributed by atoms with Gasteiger partial charge in [0, 0.05) is 0 Å². The predicted octanol–water partition coefficient (Wildman–Crippen LogP) is -6.68. The van der Waals surface area contributed by atoms with E-state index in [2.05, 4.69) is 23.2 Å². The fourth-order valence-corrected chi connectivity index (χ4v) is 0. The molecule has 0 aromatic carbocycles. The van der Waals surface area contributed by atoms with Crippen LogP contribution in [0.15, 0.2) is 0 Å². The molecule has 0 rings (SSSR count). The Labute approximate surface area is 83.5 Å². The van der Waals surface area contributed by atoms with Gasteiger partial charge in [0.05, 0.1) is 0 Å². The Balaban J connectivity index is -0.00000000125. The fraction of sp³-hybridized carbons (Fsp3) is 1.00. The van der Waals surface area contributed by atoms with Gasteiger partial charge in [0.1, 0.15) is 0 Å². The van der Waals surface area contributed by atoms with Crippen molar-refractivity contribution < 1.29 is 54.4 Å². The summed E-state index contributed by atoms with van der Waals surface area (Å²) in [6.45, 7) is 0. The van der Waals surface area contributed by atoms with Gasteiger partial charge in [-0.3, -0.25) is 0 Å². The highest BCUT2D eigenvalue weighted by atomic mass is 35.5. The van der Waals surface area contributed by atoms with Gasteiger partial charge in [-0.15, -0.1) is 0 Å². The highest BCUT2D eigenvalue weighted by Gasteiger charge is 1.76. The quantitative estimate of drug-likeness (QED) is 0.409. The monoisotopic (exact) mass is 262 g/mol. The van der Waals surface area contributed by atoms with Gasteiger partial charge in [0.25, 0.3) is 0 Å². The second-order valence-corrected chi connectivity index (χ2v) is 1.33. The van der Waals surface area contributed by atoms with E-state index in [1.807, 2.05) is 0 Å². The SMILES string of the molecule is O.O.O.O.O.O.O.O.O.OC(Cl)Cl. The van der Waals surface area contributed by atoms with E-state index in [0.29, 0.717) is 0 Å². The summed E-state index contributed by atoms with van der Waals surface area (Å²) < 4.78 is 0. The van der Waals surface area contributed by atoms with Crippen LogP contribution in [0.2, 0.25) is 0 Å². The third kappa shape index (κ3) is 39000. The molecule has 13 heavy (non-hydrogen) atoms. The third-order valence-electron chi connectivity index (χ3n) is 0. The van der Waals surface area contributed by atoms with Crippen molar-refractivity contribution in [3.8, 4) is 0 Å². The zero-order chi connectivity index (χ0) is 3.58. The van der Waals surface area contributed by atoms with Crippen LogP contribution < -0.4 is 0 Å². The van der Waals surface area contributed by atoms with Crippen LogP contribution in [0.5, 0.6) is 0 Å². The van der Waals surface area contributed by atoms with E-state index in [1.165, 1.54) is 0 Å². The number of rotatable bonds is 0. The largest absolute Gasteiger partial charge is 0.412 e. The van der Waals surface area contributed by atoms with E-state index >= 15 is 0 Å². The number of hydrogen-bond acceptors (Lipinski definition) is 1. The predicted molar refractivity (Wildman–Crippen MR) is 50.2 cm³/mol. The molecule has 0 bridgehead atoms. The molecule has 0 aromatic heterocycles. The number of hydrogen-bond donors (Lipinski definition) is 1. The van der Waals surface area contributed by atoms with Crippen LogP contribution >= 0.6 is 23.2 Å². The lowest BCUT2D eigenvalue weighted by Gasteiger charge is -1.73. The number of alkyl halides is 2. The maximum Gasteiger partial charge on any atom is 0.204 e. The van der Waals surface area contributed by atoms with Gasteiger partial charge in [-0.2, -0.15) is 0 Å². The normalized spacial score (nSPS) is 2.77. The number of halogens is 2. The topological polar surface area (TPSA) is 304 Å². The van der Waals surface area contributed by atoms with Gasteiger partial charge in [0.2, 0.25) is 5.02 Å². The summed E-state index contributed by atoms with van der Waals surface area (Å²) >= 11 is 9.19. The molecule has 98 valence electrons. The molecule has 0 fully saturated rings. The van der Waals surface area contributed by atoms with Crippen molar-refractivity contribution in [1.29, 1.82) is 0 Å². The van der Waals surface area contributed by atoms with E-state index in [-0.39, 0.29) is 49.3 Å². The molecule has 0 atom stereocenters. The molecular formula is CH20Cl2O10. The van der Waals surface area contributed by atoms with Crippen LogP contribution in [-0.4, -0.2) is 59.4 Å². The first kappa shape index (κ1) is 193. The molecule has 10 nitrogen and oxygen atoms in total. The molecule has 12 heteroatoms. The van der Waals surface area contributed by atoms with Crippen molar-refractivity contribution in [2.75, 3.05) is 0 Å². The molecular weight excluding hydrogens is 243 g/mol. The molecule has 0 aliphatic carbocycles. The summed E-state index contributed by atoms with van der Waals surface area (Å²) in [7, 11) is 0. The van der Waals surface area contributed by atoms with Crippen molar-refractivity contribution in [3.05, 3.63) is 0 Å². The zero-order valence-electron chi connectivity index (χ0n) is 6.28. The molecule has 0 aliphatic rings. The van der Waals surface area contributed by atoms with Crippen molar-refractivity contribution >= 4 is 23.2 Å². The lowest BCUT2D eigenvalue weighted by molar-refractivity contribution is 0.333. The standard InChI is InChI=1S/CH2Cl2O.9H2O/c2-1(3)4;;;;;;;;;/h1,4H;9*1H2. The minimum atomic E-state index is -1.22. The Morgan fingerprint density at radius 3 is 0.538 bits per heavy atom. The van der Waals surface area contributed by atoms with E-state index < -0.39 is 5.02 Å². The van der Waals surface area contributed by atoms with Gasteiger partial charge in [-0.25, -0.2) is 0 Å². The Kier molecular flexibility index (Phi) is 2240. The maximum absolute atomic E-state index is 7.59. The van der Waals surface area contributed by atoms with Gasteiger partial charge < -0.3 is 54.4 Å². The summed E-state index contributed by atoms with van der Waals surface area (Å²) in [5.41, 5.74) is 0. The van der Waals surface area contributed by atoms with Gasteiger partial charge in [0.15, 0.2) is 0 Å². The van der Waals surface area contributed by atoms with Gasteiger partial charge in [-0.05, 0) is 0 Å². The summed E-state index contributed by atoms with van der Waals surface area (Å²) in [6.07, 6.45) is 0. The minimum Gasteiger partial charge on any atom is -0.412 e. The van der Waals surface area contributed by atoms with Crippen LogP contribution in [0, 0.1) is 0 Å². The number of aliphatic hydroxyl groups excluding tert-OH is 1. The Morgan fingerprint density at radius 2 is 0.538 bits per heavy atom. The fourth-order valence-electron chi connectivity index (χ4n) is 0. The second-order valence-electron chi connectivity index (χ2n) is 0.278. The maximum atomic E-state index is 7.59. The third-order valence-corrected chi connectivity index (χ3v) is 0. The van der Waals surface area contributed by atoms with Crippen molar-refractivity contribution in [2.45, 2.75) is 5.02 Å². The Bertz CT molecular complexity index is 17.6. The molecule has 0 unspecified atom stereocenters. The first-order chi connectivity index (χ1) is 1.73. The lowest BCUT2D eigenvalue weighted by Crippen LogP contribution is -1.73. The molecule has 0 radical (unpaired) electrons.